The molecule has 0 radical (unpaired) electrons. The number of nitrogens with zero attached hydrogens (tertiary/aromatic N) is 2. The predicted molar refractivity (Wildman–Crippen MR) is 116 cm³/mol. The number of carbonyl (C=O) groups is 2. The van der Waals surface area contributed by atoms with Crippen molar-refractivity contribution >= 4 is 35.0 Å². The molecule has 0 saturated carbocycles. The Morgan fingerprint density at radius 2 is 1.07 bits per heavy atom. The Labute approximate surface area is 186 Å². The second kappa shape index (κ2) is 10.0. The number of rotatable bonds is 6. The molecule has 1 heterocycles. The van der Waals surface area contributed by atoms with Crippen LogP contribution in [0.4, 0.5) is 0 Å². The van der Waals surface area contributed by atoms with Crippen LogP contribution in [0.25, 0.3) is 0 Å². The quantitative estimate of drug-likeness (QED) is 0.669. The average Bonchev–Trinajstić information content (AvgIpc) is 2.76. The van der Waals surface area contributed by atoms with E-state index in [4.69, 9.17) is 32.7 Å². The summed E-state index contributed by atoms with van der Waals surface area (Å²) in [5.74, 6) is 0.670. The molecule has 6 nitrogen and oxygen atoms in total. The maximum absolute atomic E-state index is 12.7. The van der Waals surface area contributed by atoms with E-state index in [9.17, 15) is 9.59 Å². The van der Waals surface area contributed by atoms with E-state index in [-0.39, 0.29) is 11.8 Å². The van der Waals surface area contributed by atoms with Gasteiger partial charge in [0, 0.05) is 26.2 Å². The number of hydrogen-bond donors (Lipinski definition) is 0. The zero-order chi connectivity index (χ0) is 21.7. The molecule has 2 unspecified atom stereocenters. The first-order chi connectivity index (χ1) is 14.4. The average molecular weight is 451 g/mol. The van der Waals surface area contributed by atoms with Gasteiger partial charge in [-0.3, -0.25) is 9.59 Å². The maximum atomic E-state index is 12.7. The molecule has 0 N–H and O–H groups in total. The van der Waals surface area contributed by atoms with Crippen molar-refractivity contribution < 1.29 is 19.1 Å². The van der Waals surface area contributed by atoms with Crippen LogP contribution in [0.5, 0.6) is 11.5 Å². The first-order valence-corrected chi connectivity index (χ1v) is 10.5. The molecule has 2 amide bonds. The zero-order valence-corrected chi connectivity index (χ0v) is 18.4. The molecule has 160 valence electrons. The number of piperazine rings is 1. The van der Waals surface area contributed by atoms with Crippen molar-refractivity contribution in [1.82, 2.24) is 9.80 Å². The highest BCUT2D eigenvalue weighted by atomic mass is 35.5. The molecule has 2 atom stereocenters. The predicted octanol–water partition coefficient (Wildman–Crippen LogP) is 3.90. The van der Waals surface area contributed by atoms with E-state index < -0.39 is 12.2 Å². The van der Waals surface area contributed by atoms with Gasteiger partial charge in [-0.05, 0) is 38.1 Å². The molecular weight excluding hydrogens is 427 g/mol. The minimum absolute atomic E-state index is 0.137. The van der Waals surface area contributed by atoms with E-state index in [0.717, 1.165) is 0 Å². The molecule has 8 heteroatoms. The second-order valence-electron chi connectivity index (χ2n) is 7.03. The number of benzene rings is 2. The number of hydrogen-bond acceptors (Lipinski definition) is 4. The van der Waals surface area contributed by atoms with Crippen molar-refractivity contribution in [3.63, 3.8) is 0 Å². The van der Waals surface area contributed by atoms with Gasteiger partial charge in [-0.25, -0.2) is 0 Å². The molecule has 2 aromatic rings. The summed E-state index contributed by atoms with van der Waals surface area (Å²) in [6, 6.07) is 14.1. The Bertz CT molecular complexity index is 827. The lowest BCUT2D eigenvalue weighted by Gasteiger charge is -2.36. The van der Waals surface area contributed by atoms with Crippen LogP contribution in [0.15, 0.2) is 48.5 Å². The van der Waals surface area contributed by atoms with Gasteiger partial charge in [-0.15, -0.1) is 0 Å². The molecular formula is C22H24Cl2N2O4. The van der Waals surface area contributed by atoms with Crippen LogP contribution in [0.2, 0.25) is 10.0 Å². The van der Waals surface area contributed by atoms with Gasteiger partial charge in [0.25, 0.3) is 11.8 Å². The zero-order valence-electron chi connectivity index (χ0n) is 16.9. The highest BCUT2D eigenvalue weighted by Gasteiger charge is 2.30. The third-order valence-corrected chi connectivity index (χ3v) is 5.50. The number of carbonyl (C=O) groups excluding carboxylic acids is 2. The molecule has 1 fully saturated rings. The largest absolute Gasteiger partial charge is 0.479 e. The van der Waals surface area contributed by atoms with Crippen molar-refractivity contribution in [2.75, 3.05) is 26.2 Å². The summed E-state index contributed by atoms with van der Waals surface area (Å²) in [6.45, 7) is 5.11. The maximum Gasteiger partial charge on any atom is 0.263 e. The SMILES string of the molecule is CC(Oc1ccccc1Cl)C(=O)N1CCN(C(=O)C(C)Oc2ccccc2Cl)CC1. The number of ether oxygens (including phenoxy) is 2. The molecule has 0 bridgehead atoms. The lowest BCUT2D eigenvalue weighted by molar-refractivity contribution is -0.146. The summed E-state index contributed by atoms with van der Waals surface area (Å²) in [4.78, 5) is 28.8. The Balaban J connectivity index is 1.51. The molecule has 0 aliphatic carbocycles. The molecule has 0 aromatic heterocycles. The lowest BCUT2D eigenvalue weighted by atomic mass is 10.2. The lowest BCUT2D eigenvalue weighted by Crippen LogP contribution is -2.55. The van der Waals surface area contributed by atoms with Crippen molar-refractivity contribution in [2.24, 2.45) is 0 Å². The van der Waals surface area contributed by atoms with Crippen LogP contribution in [-0.4, -0.2) is 60.0 Å². The molecule has 1 saturated heterocycles. The fraction of sp³-hybridized carbons (Fsp3) is 0.364. The molecule has 2 aromatic carbocycles. The van der Waals surface area contributed by atoms with Crippen LogP contribution in [0, 0.1) is 0 Å². The minimum Gasteiger partial charge on any atom is -0.479 e. The van der Waals surface area contributed by atoms with E-state index in [1.165, 1.54) is 0 Å². The standard InChI is InChI=1S/C22H24Cl2N2O4/c1-15(29-19-9-5-3-7-17(19)23)21(27)25-11-13-26(14-12-25)22(28)16(2)30-20-10-6-4-8-18(20)24/h3-10,15-16H,11-14H2,1-2H3. The fourth-order valence-corrected chi connectivity index (χ4v) is 3.58. The first kappa shape index (κ1) is 22.2. The van der Waals surface area contributed by atoms with Crippen molar-refractivity contribution in [3.05, 3.63) is 58.6 Å². The summed E-state index contributed by atoms with van der Waals surface area (Å²) in [5, 5.41) is 0.917. The van der Waals surface area contributed by atoms with Crippen LogP contribution in [-0.2, 0) is 9.59 Å². The fourth-order valence-electron chi connectivity index (χ4n) is 3.22. The topological polar surface area (TPSA) is 59.1 Å². The van der Waals surface area contributed by atoms with E-state index in [1.807, 2.05) is 0 Å². The molecule has 3 rings (SSSR count). The summed E-state index contributed by atoms with van der Waals surface area (Å²) in [5.41, 5.74) is 0. The third-order valence-electron chi connectivity index (χ3n) is 4.88. The molecule has 1 aliphatic heterocycles. The number of halogens is 2. The van der Waals surface area contributed by atoms with Crippen molar-refractivity contribution in [1.29, 1.82) is 0 Å². The van der Waals surface area contributed by atoms with Crippen molar-refractivity contribution in [2.45, 2.75) is 26.1 Å². The Hall–Kier alpha value is -2.44. The summed E-state index contributed by atoms with van der Waals surface area (Å²) >= 11 is 12.2. The van der Waals surface area contributed by atoms with E-state index >= 15 is 0 Å². The van der Waals surface area contributed by atoms with Gasteiger partial charge in [0.1, 0.15) is 11.5 Å². The molecule has 1 aliphatic rings. The van der Waals surface area contributed by atoms with E-state index in [2.05, 4.69) is 0 Å². The highest BCUT2D eigenvalue weighted by Crippen LogP contribution is 2.26. The van der Waals surface area contributed by atoms with E-state index in [0.29, 0.717) is 47.7 Å². The Kier molecular flexibility index (Phi) is 7.45. The van der Waals surface area contributed by atoms with Crippen LogP contribution in [0.3, 0.4) is 0 Å². The van der Waals surface area contributed by atoms with Gasteiger partial charge in [0.05, 0.1) is 10.0 Å². The van der Waals surface area contributed by atoms with E-state index in [1.54, 1.807) is 72.2 Å². The Morgan fingerprint density at radius 1 is 0.733 bits per heavy atom. The molecule has 30 heavy (non-hydrogen) atoms. The number of amides is 2. The van der Waals surface area contributed by atoms with Crippen LogP contribution in [0.1, 0.15) is 13.8 Å². The first-order valence-electron chi connectivity index (χ1n) is 9.76. The monoisotopic (exact) mass is 450 g/mol. The normalized spacial score (nSPS) is 16.0. The van der Waals surface area contributed by atoms with Gasteiger partial charge in [-0.1, -0.05) is 47.5 Å². The summed E-state index contributed by atoms with van der Waals surface area (Å²) in [6.07, 6.45) is -1.34. The van der Waals surface area contributed by atoms with Crippen LogP contribution >= 0.6 is 23.2 Å². The summed E-state index contributed by atoms with van der Waals surface area (Å²) in [7, 11) is 0. The third kappa shape index (κ3) is 5.37. The molecule has 0 spiro atoms. The highest BCUT2D eigenvalue weighted by molar-refractivity contribution is 6.32. The van der Waals surface area contributed by atoms with Gasteiger partial charge < -0.3 is 19.3 Å². The van der Waals surface area contributed by atoms with Gasteiger partial charge >= 0.3 is 0 Å². The number of para-hydroxylation sites is 2. The van der Waals surface area contributed by atoms with Gasteiger partial charge in [0.2, 0.25) is 0 Å². The van der Waals surface area contributed by atoms with Gasteiger partial charge in [0.15, 0.2) is 12.2 Å². The Morgan fingerprint density at radius 3 is 1.40 bits per heavy atom. The van der Waals surface area contributed by atoms with Crippen molar-refractivity contribution in [3.8, 4) is 11.5 Å². The summed E-state index contributed by atoms with van der Waals surface area (Å²) < 4.78 is 11.4. The van der Waals surface area contributed by atoms with Crippen LogP contribution < -0.4 is 9.47 Å². The second-order valence-corrected chi connectivity index (χ2v) is 7.85. The minimum atomic E-state index is -0.672. The van der Waals surface area contributed by atoms with Gasteiger partial charge in [-0.2, -0.15) is 0 Å². The smallest absolute Gasteiger partial charge is 0.263 e.